The van der Waals surface area contributed by atoms with Crippen LogP contribution in [0, 0.1) is 0 Å². The van der Waals surface area contributed by atoms with Gasteiger partial charge in [0.05, 0.1) is 22.9 Å². The second-order valence-corrected chi connectivity index (χ2v) is 14.7. The minimum absolute atomic E-state index is 0.329. The van der Waals surface area contributed by atoms with Crippen LogP contribution in [0.15, 0.2) is 164 Å². The Bertz CT molecular complexity index is 2810. The van der Waals surface area contributed by atoms with Crippen molar-refractivity contribution in [1.29, 1.82) is 0 Å². The molecular weight excluding hydrogens is 625 g/mol. The smallest absolute Gasteiger partial charge is 0.0975 e. The van der Waals surface area contributed by atoms with Crippen molar-refractivity contribution in [2.75, 3.05) is 0 Å². The van der Waals surface area contributed by atoms with Crippen molar-refractivity contribution in [1.82, 2.24) is 9.97 Å². The number of rotatable bonds is 4. The zero-order chi connectivity index (χ0) is 33.2. The van der Waals surface area contributed by atoms with Crippen LogP contribution in [0.3, 0.4) is 0 Å². The summed E-state index contributed by atoms with van der Waals surface area (Å²) in [7, 11) is 0. The second kappa shape index (κ2) is 11.3. The molecule has 1 aliphatic carbocycles. The van der Waals surface area contributed by atoms with Gasteiger partial charge in [-0.15, -0.1) is 11.3 Å². The molecule has 0 bridgehead atoms. The summed E-state index contributed by atoms with van der Waals surface area (Å²) in [5.41, 5.74) is 10.1. The largest absolute Gasteiger partial charge is 0.252 e. The lowest BCUT2D eigenvalue weighted by Crippen LogP contribution is -2.23. The van der Waals surface area contributed by atoms with Gasteiger partial charge >= 0.3 is 0 Å². The van der Waals surface area contributed by atoms with Crippen molar-refractivity contribution in [2.45, 2.75) is 18.8 Å². The average Bonchev–Trinajstić information content (AvgIpc) is 3.56. The Balaban J connectivity index is 1.14. The summed E-state index contributed by atoms with van der Waals surface area (Å²) >= 11 is 1.90. The van der Waals surface area contributed by atoms with Crippen LogP contribution < -0.4 is 0 Å². The molecule has 3 heteroatoms. The number of hydrogen-bond donors (Lipinski definition) is 0. The van der Waals surface area contributed by atoms with Crippen molar-refractivity contribution < 1.29 is 0 Å². The first kappa shape index (κ1) is 29.1. The molecule has 1 atom stereocenters. The average molecular weight is 657 g/mol. The molecule has 2 nitrogen and oxygen atoms in total. The molecule has 1 aliphatic rings. The Kier molecular flexibility index (Phi) is 6.59. The molecule has 0 radical (unpaired) electrons. The Morgan fingerprint density at radius 2 is 1.18 bits per heavy atom. The predicted molar refractivity (Wildman–Crippen MR) is 214 cm³/mol. The number of fused-ring (bicyclic) bond motifs is 9. The molecule has 7 aromatic carbocycles. The van der Waals surface area contributed by atoms with E-state index in [9.17, 15) is 0 Å². The lowest BCUT2D eigenvalue weighted by molar-refractivity contribution is 0.588. The van der Waals surface area contributed by atoms with E-state index < -0.39 is 0 Å². The molecule has 0 N–H and O–H groups in total. The SMILES string of the molecule is C[C@@]1(c2cnc3c4ccccc4c4ccccc4c3n2)C=CC=C(c2cc(-c3ccccc3)cc3c2sc2ccc(-c4ccccc4)cc23)C1. The van der Waals surface area contributed by atoms with E-state index in [-0.39, 0.29) is 5.41 Å². The van der Waals surface area contributed by atoms with Crippen molar-refractivity contribution in [3.8, 4) is 22.3 Å². The van der Waals surface area contributed by atoms with E-state index in [1.807, 2.05) is 17.5 Å². The van der Waals surface area contributed by atoms with Crippen LogP contribution in [0.5, 0.6) is 0 Å². The van der Waals surface area contributed by atoms with Crippen molar-refractivity contribution in [2.24, 2.45) is 0 Å². The molecule has 0 fully saturated rings. The Labute approximate surface area is 294 Å². The second-order valence-electron chi connectivity index (χ2n) is 13.6. The number of hydrogen-bond acceptors (Lipinski definition) is 3. The van der Waals surface area contributed by atoms with E-state index in [2.05, 4.69) is 165 Å². The minimum atomic E-state index is -0.329. The van der Waals surface area contributed by atoms with Crippen LogP contribution in [0.2, 0.25) is 0 Å². The quantitative estimate of drug-likeness (QED) is 0.176. The molecular formula is C47H32N2S. The summed E-state index contributed by atoms with van der Waals surface area (Å²) in [6.07, 6.45) is 9.68. The lowest BCUT2D eigenvalue weighted by Gasteiger charge is -2.30. The molecule has 0 amide bonds. The van der Waals surface area contributed by atoms with Crippen molar-refractivity contribution >= 4 is 69.7 Å². The van der Waals surface area contributed by atoms with Gasteiger partial charge in [0.1, 0.15) is 0 Å². The summed E-state index contributed by atoms with van der Waals surface area (Å²) in [5, 5.41) is 7.33. The van der Waals surface area contributed by atoms with Crippen LogP contribution in [0.25, 0.3) is 80.6 Å². The van der Waals surface area contributed by atoms with E-state index in [4.69, 9.17) is 9.97 Å². The maximum Gasteiger partial charge on any atom is 0.0975 e. The molecule has 9 aromatic rings. The third-order valence-corrected chi connectivity index (χ3v) is 11.7. The summed E-state index contributed by atoms with van der Waals surface area (Å²) in [4.78, 5) is 10.6. The van der Waals surface area contributed by atoms with Crippen LogP contribution in [0.4, 0.5) is 0 Å². The fourth-order valence-corrected chi connectivity index (χ4v) is 9.09. The van der Waals surface area contributed by atoms with E-state index in [0.717, 1.165) is 33.9 Å². The molecule has 0 saturated heterocycles. The summed E-state index contributed by atoms with van der Waals surface area (Å²) in [6, 6.07) is 50.3. The first-order chi connectivity index (χ1) is 24.6. The van der Waals surface area contributed by atoms with Crippen LogP contribution in [-0.4, -0.2) is 9.97 Å². The Morgan fingerprint density at radius 1 is 0.560 bits per heavy atom. The van der Waals surface area contributed by atoms with E-state index in [1.165, 1.54) is 64.3 Å². The first-order valence-electron chi connectivity index (χ1n) is 17.2. The number of benzene rings is 7. The molecule has 0 saturated carbocycles. The van der Waals surface area contributed by atoms with Crippen LogP contribution in [-0.2, 0) is 5.41 Å². The van der Waals surface area contributed by atoms with Gasteiger partial charge in [0.15, 0.2) is 0 Å². The molecule has 2 heterocycles. The monoisotopic (exact) mass is 656 g/mol. The third kappa shape index (κ3) is 4.62. The normalized spacial score (nSPS) is 16.1. The number of allylic oxidation sites excluding steroid dienone is 4. The Morgan fingerprint density at radius 3 is 1.90 bits per heavy atom. The van der Waals surface area contributed by atoms with Gasteiger partial charge < -0.3 is 0 Å². The fourth-order valence-electron chi connectivity index (χ4n) is 7.87. The molecule has 236 valence electrons. The fraction of sp³-hybridized carbons (Fsp3) is 0.0638. The topological polar surface area (TPSA) is 25.8 Å². The van der Waals surface area contributed by atoms with Gasteiger partial charge in [0.2, 0.25) is 0 Å². The van der Waals surface area contributed by atoms with E-state index >= 15 is 0 Å². The zero-order valence-electron chi connectivity index (χ0n) is 27.6. The Hall–Kier alpha value is -5.90. The summed E-state index contributed by atoms with van der Waals surface area (Å²) in [6.45, 7) is 2.31. The minimum Gasteiger partial charge on any atom is -0.252 e. The molecule has 2 aromatic heterocycles. The summed E-state index contributed by atoms with van der Waals surface area (Å²) < 4.78 is 2.64. The molecule has 0 unspecified atom stereocenters. The maximum atomic E-state index is 5.44. The van der Waals surface area contributed by atoms with Gasteiger partial charge in [-0.3, -0.25) is 4.98 Å². The molecule has 10 rings (SSSR count). The van der Waals surface area contributed by atoms with Crippen LogP contribution >= 0.6 is 11.3 Å². The number of aromatic nitrogens is 2. The number of thiophene rings is 1. The van der Waals surface area contributed by atoms with Crippen LogP contribution in [0.1, 0.15) is 24.6 Å². The molecule has 0 spiro atoms. The molecule has 50 heavy (non-hydrogen) atoms. The van der Waals surface area contributed by atoms with Gasteiger partial charge in [0, 0.05) is 36.4 Å². The first-order valence-corrected chi connectivity index (χ1v) is 18.0. The highest BCUT2D eigenvalue weighted by Gasteiger charge is 2.31. The van der Waals surface area contributed by atoms with Gasteiger partial charge in [0.25, 0.3) is 0 Å². The number of nitrogens with zero attached hydrogens (tertiary/aromatic N) is 2. The van der Waals surface area contributed by atoms with Crippen molar-refractivity contribution in [3.63, 3.8) is 0 Å². The zero-order valence-corrected chi connectivity index (χ0v) is 28.4. The van der Waals surface area contributed by atoms with Crippen molar-refractivity contribution in [3.05, 3.63) is 175 Å². The predicted octanol–water partition coefficient (Wildman–Crippen LogP) is 12.9. The third-order valence-electron chi connectivity index (χ3n) is 10.5. The van der Waals surface area contributed by atoms with E-state index in [1.54, 1.807) is 0 Å². The summed E-state index contributed by atoms with van der Waals surface area (Å²) in [5.74, 6) is 0. The van der Waals surface area contributed by atoms with Gasteiger partial charge in [-0.2, -0.15) is 0 Å². The maximum absolute atomic E-state index is 5.44. The highest BCUT2D eigenvalue weighted by Crippen LogP contribution is 2.46. The van der Waals surface area contributed by atoms with Gasteiger partial charge in [-0.25, -0.2) is 4.98 Å². The lowest BCUT2D eigenvalue weighted by atomic mass is 9.75. The van der Waals surface area contributed by atoms with Gasteiger partial charge in [-0.1, -0.05) is 140 Å². The van der Waals surface area contributed by atoms with E-state index in [0.29, 0.717) is 0 Å². The molecule has 0 aliphatic heterocycles. The standard InChI is InChI=1S/C47H32N2S/c1-47(43-29-48-44-37-20-10-8-18-35(37)36-19-9-11-21-38(36)45(44)49-43)24-12-17-33(28-47)39-26-34(31-15-6-3-7-16-31)27-41-40-25-32(30-13-4-2-5-14-30)22-23-42(40)50-46(39)41/h2-27,29H,28H2,1H3/t47-/m1/s1. The highest BCUT2D eigenvalue weighted by molar-refractivity contribution is 7.26. The van der Waals surface area contributed by atoms with Gasteiger partial charge in [-0.05, 0) is 74.8 Å². The highest BCUT2D eigenvalue weighted by atomic mass is 32.1.